The van der Waals surface area contributed by atoms with Crippen LogP contribution in [0.25, 0.3) is 51.4 Å². The maximum atomic E-state index is 12.9. The van der Waals surface area contributed by atoms with Crippen LogP contribution in [0.5, 0.6) is 0 Å². The first kappa shape index (κ1) is 20.4. The molecule has 9 heteroatoms. The summed E-state index contributed by atoms with van der Waals surface area (Å²) < 4.78 is 9.29. The lowest BCUT2D eigenvalue weighted by Crippen LogP contribution is -1.92. The Balaban J connectivity index is 1.26. The minimum Gasteiger partial charge on any atom is -0.288 e. The van der Waals surface area contributed by atoms with Gasteiger partial charge in [-0.3, -0.25) is 9.59 Å². The van der Waals surface area contributed by atoms with Crippen LogP contribution in [0.4, 0.5) is 0 Å². The van der Waals surface area contributed by atoms with E-state index in [2.05, 4.69) is 20.9 Å². The Labute approximate surface area is 219 Å². The molecule has 0 saturated heterocycles. The molecule has 1 aromatic carbocycles. The van der Waals surface area contributed by atoms with Crippen molar-refractivity contribution in [2.75, 3.05) is 0 Å². The Morgan fingerprint density at radius 2 is 0.943 bits per heavy atom. The number of benzene rings is 1. The molecule has 0 atom stereocenters. The van der Waals surface area contributed by atoms with Crippen molar-refractivity contribution in [2.45, 2.75) is 13.8 Å². The average molecular weight is 545 g/mol. The molecular formula is C26H12N2O2S5. The number of hydrogen-bond donors (Lipinski definition) is 0. The number of aromatic nitrogens is 2. The third-order valence-electron chi connectivity index (χ3n) is 6.51. The van der Waals surface area contributed by atoms with E-state index in [0.717, 1.165) is 83.4 Å². The highest BCUT2D eigenvalue weighted by Gasteiger charge is 2.34. The van der Waals surface area contributed by atoms with E-state index < -0.39 is 0 Å². The van der Waals surface area contributed by atoms with Crippen LogP contribution >= 0.6 is 57.1 Å². The summed E-state index contributed by atoms with van der Waals surface area (Å²) >= 11 is 7.87. The molecule has 0 saturated carbocycles. The number of nitrogens with zero attached hydrogens (tertiary/aromatic N) is 2. The lowest BCUT2D eigenvalue weighted by atomic mass is 10.0. The van der Waals surface area contributed by atoms with Crippen LogP contribution in [0.3, 0.4) is 0 Å². The molecule has 0 amide bonds. The molecule has 0 bridgehead atoms. The van der Waals surface area contributed by atoms with Crippen molar-refractivity contribution < 1.29 is 9.59 Å². The molecule has 0 N–H and O–H groups in total. The van der Waals surface area contributed by atoms with Crippen LogP contribution in [-0.2, 0) is 0 Å². The highest BCUT2D eigenvalue weighted by Crippen LogP contribution is 2.52. The second-order valence-corrected chi connectivity index (χ2v) is 13.8. The van der Waals surface area contributed by atoms with Gasteiger partial charge in [-0.25, -0.2) is 0 Å². The fourth-order valence-corrected chi connectivity index (χ4v) is 10.3. The van der Waals surface area contributed by atoms with Crippen LogP contribution in [-0.4, -0.2) is 20.3 Å². The van der Waals surface area contributed by atoms with E-state index in [-0.39, 0.29) is 11.6 Å². The van der Waals surface area contributed by atoms with Gasteiger partial charge in [0.1, 0.15) is 11.0 Å². The summed E-state index contributed by atoms with van der Waals surface area (Å²) in [5.41, 5.74) is 6.93. The van der Waals surface area contributed by atoms with Crippen LogP contribution in [0.1, 0.15) is 41.6 Å². The first-order chi connectivity index (χ1) is 17.0. The number of thiophene rings is 4. The van der Waals surface area contributed by atoms with Gasteiger partial charge in [-0.1, -0.05) is 12.1 Å². The number of aryl methyl sites for hydroxylation is 2. The highest BCUT2D eigenvalue weighted by molar-refractivity contribution is 7.26. The molecular weight excluding hydrogens is 533 g/mol. The van der Waals surface area contributed by atoms with Crippen molar-refractivity contribution >= 4 is 79.7 Å². The zero-order chi connectivity index (χ0) is 23.6. The van der Waals surface area contributed by atoms with Crippen molar-refractivity contribution in [2.24, 2.45) is 0 Å². The third-order valence-corrected chi connectivity index (χ3v) is 11.8. The van der Waals surface area contributed by atoms with Gasteiger partial charge in [0.2, 0.25) is 0 Å². The Hall–Kier alpha value is -2.82. The largest absolute Gasteiger partial charge is 0.288 e. The van der Waals surface area contributed by atoms with Crippen molar-refractivity contribution in [1.82, 2.24) is 8.75 Å². The van der Waals surface area contributed by atoms with Gasteiger partial charge in [0.25, 0.3) is 0 Å². The minimum atomic E-state index is 0.118. The first-order valence-electron chi connectivity index (χ1n) is 10.8. The number of carbonyl (C=O) groups is 2. The molecule has 0 unspecified atom stereocenters. The molecule has 0 fully saturated rings. The van der Waals surface area contributed by atoms with Crippen molar-refractivity contribution in [3.8, 4) is 40.4 Å². The van der Waals surface area contributed by atoms with Crippen LogP contribution < -0.4 is 0 Å². The minimum absolute atomic E-state index is 0.118. The van der Waals surface area contributed by atoms with E-state index >= 15 is 0 Å². The van der Waals surface area contributed by atoms with Crippen molar-refractivity contribution in [3.63, 3.8) is 0 Å². The van der Waals surface area contributed by atoms with Crippen molar-refractivity contribution in [3.05, 3.63) is 68.4 Å². The summed E-state index contributed by atoms with van der Waals surface area (Å²) in [5, 5.41) is 0. The van der Waals surface area contributed by atoms with Gasteiger partial charge in [0.05, 0.1) is 31.2 Å². The normalized spacial score (nSPS) is 13.5. The molecule has 8 rings (SSSR count). The second-order valence-electron chi connectivity index (χ2n) is 8.69. The molecule has 2 aliphatic carbocycles. The quantitative estimate of drug-likeness (QED) is 0.220. The molecule has 168 valence electrons. The lowest BCUT2D eigenvalue weighted by Gasteiger charge is -2.04. The van der Waals surface area contributed by atoms with Gasteiger partial charge in [-0.15, -0.1) is 45.3 Å². The summed E-state index contributed by atoms with van der Waals surface area (Å²) in [7, 11) is 0. The molecule has 0 aliphatic heterocycles. The van der Waals surface area contributed by atoms with Gasteiger partial charge in [-0.05, 0) is 38.1 Å². The Morgan fingerprint density at radius 1 is 0.543 bits per heavy atom. The summed E-state index contributed by atoms with van der Waals surface area (Å²) in [6.45, 7) is 4.09. The smallest absolute Gasteiger partial charge is 0.196 e. The number of carbonyl (C=O) groups excluding carboxylic acids is 2. The Kier molecular flexibility index (Phi) is 4.01. The summed E-state index contributed by atoms with van der Waals surface area (Å²) in [4.78, 5) is 34.6. The van der Waals surface area contributed by atoms with E-state index in [0.29, 0.717) is 0 Å². The zero-order valence-electron chi connectivity index (χ0n) is 18.2. The summed E-state index contributed by atoms with van der Waals surface area (Å²) in [6, 6.07) is 12.2. The molecule has 2 aliphatic rings. The molecule has 5 aromatic heterocycles. The van der Waals surface area contributed by atoms with E-state index in [9.17, 15) is 9.59 Å². The molecule has 5 heterocycles. The molecule has 6 aromatic rings. The number of hydrogen-bond acceptors (Lipinski definition) is 9. The van der Waals surface area contributed by atoms with Crippen LogP contribution in [0.15, 0.2) is 36.4 Å². The maximum absolute atomic E-state index is 12.9. The fourth-order valence-electron chi connectivity index (χ4n) is 4.98. The van der Waals surface area contributed by atoms with E-state index in [1.807, 2.05) is 38.1 Å². The average Bonchev–Trinajstić information content (AvgIpc) is 3.66. The fraction of sp³-hybridized carbons (Fsp3) is 0.0769. The van der Waals surface area contributed by atoms with E-state index in [1.54, 1.807) is 45.3 Å². The van der Waals surface area contributed by atoms with Crippen molar-refractivity contribution in [1.29, 1.82) is 0 Å². The monoisotopic (exact) mass is 544 g/mol. The summed E-state index contributed by atoms with van der Waals surface area (Å²) in [6.07, 6.45) is 0. The molecule has 0 spiro atoms. The number of fused-ring (bicyclic) bond motifs is 7. The zero-order valence-corrected chi connectivity index (χ0v) is 22.3. The second kappa shape index (κ2) is 6.89. The first-order valence-corrected chi connectivity index (χ1v) is 14.8. The molecule has 35 heavy (non-hydrogen) atoms. The molecule has 4 nitrogen and oxygen atoms in total. The predicted octanol–water partition coefficient (Wildman–Crippen LogP) is 8.31. The lowest BCUT2D eigenvalue weighted by molar-refractivity contribution is 0.103. The van der Waals surface area contributed by atoms with E-state index in [4.69, 9.17) is 0 Å². The SMILES string of the molecule is Cc1cc2c(s1)-c1sc(-c3ccc(-c4cc5c(s4)-c4sc(C)cc4C5=O)c4nsnc34)cc1C2=O. The third kappa shape index (κ3) is 2.65. The standard InChI is InChI=1S/C26H12N2O2S5/c1-9-5-13-21(29)15-7-17(33-25(15)23(13)31-9)11-3-4-12(20-19(11)27-35-28-20)18-8-16-22(30)14-6-10(2)32-24(14)26(16)34-18/h3-8H,1-2H3. The van der Waals surface area contributed by atoms with Gasteiger partial charge in [0.15, 0.2) is 11.6 Å². The highest BCUT2D eigenvalue weighted by atomic mass is 32.1. The van der Waals surface area contributed by atoms with Gasteiger partial charge in [-0.2, -0.15) is 8.75 Å². The maximum Gasteiger partial charge on any atom is 0.196 e. The number of rotatable bonds is 2. The predicted molar refractivity (Wildman–Crippen MR) is 147 cm³/mol. The Morgan fingerprint density at radius 3 is 1.40 bits per heavy atom. The van der Waals surface area contributed by atoms with Gasteiger partial charge in [0, 0.05) is 52.9 Å². The topological polar surface area (TPSA) is 59.9 Å². The Bertz CT molecular complexity index is 1790. The molecule has 0 radical (unpaired) electrons. The van der Waals surface area contributed by atoms with Crippen LogP contribution in [0, 0.1) is 13.8 Å². The van der Waals surface area contributed by atoms with E-state index in [1.165, 1.54) is 11.7 Å². The van der Waals surface area contributed by atoms with Crippen LogP contribution in [0.2, 0.25) is 0 Å². The van der Waals surface area contributed by atoms with Gasteiger partial charge >= 0.3 is 0 Å². The van der Waals surface area contributed by atoms with Gasteiger partial charge < -0.3 is 0 Å². The summed E-state index contributed by atoms with van der Waals surface area (Å²) in [5.74, 6) is 0.235. The number of ketones is 2.